The van der Waals surface area contributed by atoms with Crippen molar-refractivity contribution in [1.82, 2.24) is 15.1 Å². The van der Waals surface area contributed by atoms with E-state index in [1.165, 1.54) is 24.0 Å². The Hall–Kier alpha value is -1.61. The minimum Gasteiger partial charge on any atom is -0.313 e. The Bertz CT molecular complexity index is 543. The fourth-order valence-electron chi connectivity index (χ4n) is 2.78. The molecule has 0 spiro atoms. The normalized spacial score (nSPS) is 16.0. The van der Waals surface area contributed by atoms with Crippen molar-refractivity contribution < 1.29 is 0 Å². The predicted octanol–water partition coefficient (Wildman–Crippen LogP) is 3.37. The molecule has 1 N–H and O–H groups in total. The molecule has 0 bridgehead atoms. The number of nitrogens with one attached hydrogen (secondary N) is 1. The maximum absolute atomic E-state index is 4.46. The first kappa shape index (κ1) is 14.3. The van der Waals surface area contributed by atoms with E-state index in [1.807, 2.05) is 6.20 Å². The van der Waals surface area contributed by atoms with E-state index in [1.54, 1.807) is 0 Å². The van der Waals surface area contributed by atoms with Crippen molar-refractivity contribution in [3.8, 4) is 0 Å². The second-order valence-electron chi connectivity index (χ2n) is 6.11. The molecule has 1 unspecified atom stereocenters. The Labute approximate surface area is 127 Å². The summed E-state index contributed by atoms with van der Waals surface area (Å²) in [6.45, 7) is 4.26. The van der Waals surface area contributed by atoms with Gasteiger partial charge in [-0.2, -0.15) is 5.10 Å². The lowest BCUT2D eigenvalue weighted by Crippen LogP contribution is -2.24. The molecule has 3 nitrogen and oxygen atoms in total. The van der Waals surface area contributed by atoms with E-state index in [2.05, 4.69) is 58.5 Å². The topological polar surface area (TPSA) is 29.9 Å². The van der Waals surface area contributed by atoms with Crippen LogP contribution in [-0.4, -0.2) is 22.4 Å². The van der Waals surface area contributed by atoms with E-state index >= 15 is 0 Å². The highest BCUT2D eigenvalue weighted by molar-refractivity contribution is 5.23. The standard InChI is InChI=1S/C18H25N3/c1-2-10-21-14-15(12-20-21)11-17(13-19-18-8-9-18)16-6-4-3-5-7-16/h3-7,12,14,17-19H,2,8-11,13H2,1H3. The second kappa shape index (κ2) is 6.90. The van der Waals surface area contributed by atoms with Crippen LogP contribution in [0.1, 0.15) is 43.2 Å². The highest BCUT2D eigenvalue weighted by atomic mass is 15.3. The van der Waals surface area contributed by atoms with Crippen LogP contribution in [0.15, 0.2) is 42.7 Å². The molecule has 1 aliphatic carbocycles. The lowest BCUT2D eigenvalue weighted by molar-refractivity contribution is 0.575. The molecule has 0 radical (unpaired) electrons. The minimum atomic E-state index is 0.533. The van der Waals surface area contributed by atoms with E-state index in [-0.39, 0.29) is 0 Å². The second-order valence-corrected chi connectivity index (χ2v) is 6.11. The number of hydrogen-bond donors (Lipinski definition) is 1. The zero-order chi connectivity index (χ0) is 14.5. The molecule has 1 aliphatic rings. The predicted molar refractivity (Wildman–Crippen MR) is 86.4 cm³/mol. The molecule has 0 saturated heterocycles. The molecule has 112 valence electrons. The van der Waals surface area contributed by atoms with Crippen LogP contribution >= 0.6 is 0 Å². The average Bonchev–Trinajstić information content (AvgIpc) is 3.24. The van der Waals surface area contributed by atoms with Gasteiger partial charge in [0.15, 0.2) is 0 Å². The maximum atomic E-state index is 4.46. The quantitative estimate of drug-likeness (QED) is 0.805. The fourth-order valence-corrected chi connectivity index (χ4v) is 2.78. The van der Waals surface area contributed by atoms with Crippen LogP contribution in [0.25, 0.3) is 0 Å². The van der Waals surface area contributed by atoms with Gasteiger partial charge in [0.05, 0.1) is 6.20 Å². The fraction of sp³-hybridized carbons (Fsp3) is 0.500. The smallest absolute Gasteiger partial charge is 0.0521 e. The highest BCUT2D eigenvalue weighted by Crippen LogP contribution is 2.24. The van der Waals surface area contributed by atoms with Crippen molar-refractivity contribution in [3.05, 3.63) is 53.9 Å². The van der Waals surface area contributed by atoms with Gasteiger partial charge in [0.2, 0.25) is 0 Å². The van der Waals surface area contributed by atoms with Crippen LogP contribution in [0.4, 0.5) is 0 Å². The van der Waals surface area contributed by atoms with Gasteiger partial charge in [0, 0.05) is 31.2 Å². The summed E-state index contributed by atoms with van der Waals surface area (Å²) >= 11 is 0. The zero-order valence-electron chi connectivity index (χ0n) is 12.8. The van der Waals surface area contributed by atoms with E-state index in [0.717, 1.165) is 32.0 Å². The third-order valence-electron chi connectivity index (χ3n) is 4.12. The molecule has 1 aromatic carbocycles. The number of rotatable bonds is 8. The molecule has 0 aliphatic heterocycles. The summed E-state index contributed by atoms with van der Waals surface area (Å²) in [5.74, 6) is 0.533. The molecule has 3 heteroatoms. The van der Waals surface area contributed by atoms with Crippen molar-refractivity contribution in [2.75, 3.05) is 6.54 Å². The van der Waals surface area contributed by atoms with Crippen LogP contribution in [0.5, 0.6) is 0 Å². The zero-order valence-corrected chi connectivity index (χ0v) is 12.8. The average molecular weight is 283 g/mol. The Balaban J connectivity index is 1.67. The van der Waals surface area contributed by atoms with Crippen LogP contribution in [0.3, 0.4) is 0 Å². The van der Waals surface area contributed by atoms with Crippen LogP contribution in [-0.2, 0) is 13.0 Å². The van der Waals surface area contributed by atoms with E-state index in [0.29, 0.717) is 5.92 Å². The van der Waals surface area contributed by atoms with Gasteiger partial charge in [-0.1, -0.05) is 37.3 Å². The van der Waals surface area contributed by atoms with E-state index < -0.39 is 0 Å². The van der Waals surface area contributed by atoms with E-state index in [9.17, 15) is 0 Å². The monoisotopic (exact) mass is 283 g/mol. The lowest BCUT2D eigenvalue weighted by Gasteiger charge is -2.17. The number of aryl methyl sites for hydroxylation is 1. The summed E-state index contributed by atoms with van der Waals surface area (Å²) < 4.78 is 2.06. The highest BCUT2D eigenvalue weighted by Gasteiger charge is 2.22. The van der Waals surface area contributed by atoms with Gasteiger partial charge >= 0.3 is 0 Å². The number of benzene rings is 1. The molecule has 0 amide bonds. The number of hydrogen-bond acceptors (Lipinski definition) is 2. The van der Waals surface area contributed by atoms with Gasteiger partial charge in [-0.25, -0.2) is 0 Å². The van der Waals surface area contributed by atoms with Crippen LogP contribution in [0, 0.1) is 0 Å². The first-order valence-corrected chi connectivity index (χ1v) is 8.15. The molecule has 1 heterocycles. The molecule has 2 aromatic rings. The van der Waals surface area contributed by atoms with Crippen molar-refractivity contribution in [1.29, 1.82) is 0 Å². The molecular weight excluding hydrogens is 258 g/mol. The SMILES string of the molecule is CCCn1cc(CC(CNC2CC2)c2ccccc2)cn1. The molecule has 3 rings (SSSR count). The first-order valence-electron chi connectivity index (χ1n) is 8.15. The maximum Gasteiger partial charge on any atom is 0.0521 e. The molecular formula is C18H25N3. The number of aromatic nitrogens is 2. The summed E-state index contributed by atoms with van der Waals surface area (Å²) in [7, 11) is 0. The van der Waals surface area contributed by atoms with Crippen molar-refractivity contribution in [3.63, 3.8) is 0 Å². The van der Waals surface area contributed by atoms with Crippen molar-refractivity contribution in [2.45, 2.75) is 51.1 Å². The summed E-state index contributed by atoms with van der Waals surface area (Å²) in [6.07, 6.45) is 9.12. The Morgan fingerprint density at radius 3 is 2.81 bits per heavy atom. The van der Waals surface area contributed by atoms with Crippen LogP contribution in [0.2, 0.25) is 0 Å². The van der Waals surface area contributed by atoms with Gasteiger partial charge in [-0.3, -0.25) is 4.68 Å². The first-order chi connectivity index (χ1) is 10.3. The summed E-state index contributed by atoms with van der Waals surface area (Å²) in [6, 6.07) is 11.6. The minimum absolute atomic E-state index is 0.533. The molecule has 1 saturated carbocycles. The molecule has 21 heavy (non-hydrogen) atoms. The Morgan fingerprint density at radius 2 is 2.10 bits per heavy atom. The van der Waals surface area contributed by atoms with Crippen LogP contribution < -0.4 is 5.32 Å². The van der Waals surface area contributed by atoms with Crippen molar-refractivity contribution >= 4 is 0 Å². The molecule has 1 atom stereocenters. The lowest BCUT2D eigenvalue weighted by atomic mass is 9.93. The Kier molecular flexibility index (Phi) is 4.71. The van der Waals surface area contributed by atoms with Gasteiger partial charge in [-0.15, -0.1) is 0 Å². The van der Waals surface area contributed by atoms with E-state index in [4.69, 9.17) is 0 Å². The molecule has 1 aromatic heterocycles. The largest absolute Gasteiger partial charge is 0.313 e. The Morgan fingerprint density at radius 1 is 1.29 bits per heavy atom. The number of nitrogens with zero attached hydrogens (tertiary/aromatic N) is 2. The van der Waals surface area contributed by atoms with Gasteiger partial charge < -0.3 is 5.32 Å². The molecule has 1 fully saturated rings. The van der Waals surface area contributed by atoms with Gasteiger partial charge in [0.25, 0.3) is 0 Å². The summed E-state index contributed by atoms with van der Waals surface area (Å²) in [5, 5.41) is 8.14. The summed E-state index contributed by atoms with van der Waals surface area (Å²) in [4.78, 5) is 0. The third-order valence-corrected chi connectivity index (χ3v) is 4.12. The third kappa shape index (κ3) is 4.18. The summed E-state index contributed by atoms with van der Waals surface area (Å²) in [5.41, 5.74) is 2.77. The van der Waals surface area contributed by atoms with Crippen molar-refractivity contribution in [2.24, 2.45) is 0 Å². The van der Waals surface area contributed by atoms with Gasteiger partial charge in [-0.05, 0) is 36.8 Å². The van der Waals surface area contributed by atoms with Gasteiger partial charge in [0.1, 0.15) is 0 Å².